The fourth-order valence-electron chi connectivity index (χ4n) is 3.15. The highest BCUT2D eigenvalue weighted by Gasteiger charge is 2.35. The average molecular weight is 319 g/mol. The lowest BCUT2D eigenvalue weighted by Gasteiger charge is -2.29. The van der Waals surface area contributed by atoms with Crippen molar-refractivity contribution in [2.75, 3.05) is 32.9 Å². The highest BCUT2D eigenvalue weighted by molar-refractivity contribution is 5.82. The van der Waals surface area contributed by atoms with Crippen molar-refractivity contribution in [1.82, 2.24) is 4.90 Å². The summed E-state index contributed by atoms with van der Waals surface area (Å²) >= 11 is 0. The Kier molecular flexibility index (Phi) is 6.60. The van der Waals surface area contributed by atoms with Gasteiger partial charge >= 0.3 is 5.97 Å². The maximum Gasteiger partial charge on any atom is 0.316 e. The maximum atomic E-state index is 12.4. The van der Waals surface area contributed by atoms with Crippen molar-refractivity contribution < 1.29 is 14.3 Å². The molecule has 0 saturated carbocycles. The number of benzene rings is 1. The van der Waals surface area contributed by atoms with E-state index in [-0.39, 0.29) is 5.97 Å². The van der Waals surface area contributed by atoms with E-state index in [9.17, 15) is 4.79 Å². The van der Waals surface area contributed by atoms with Crippen molar-refractivity contribution in [2.45, 2.75) is 45.6 Å². The van der Waals surface area contributed by atoms with Crippen LogP contribution >= 0.6 is 0 Å². The Labute approximate surface area is 139 Å². The van der Waals surface area contributed by atoms with Crippen LogP contribution in [0.3, 0.4) is 0 Å². The van der Waals surface area contributed by atoms with Crippen LogP contribution in [-0.4, -0.2) is 43.8 Å². The van der Waals surface area contributed by atoms with Gasteiger partial charge in [-0.25, -0.2) is 0 Å². The second-order valence-electron chi connectivity index (χ2n) is 6.39. The summed E-state index contributed by atoms with van der Waals surface area (Å²) in [5.41, 5.74) is 1.77. The van der Waals surface area contributed by atoms with Crippen LogP contribution < -0.4 is 0 Å². The highest BCUT2D eigenvalue weighted by atomic mass is 16.5. The number of carbonyl (C=O) groups is 1. The third-order valence-corrected chi connectivity index (χ3v) is 4.58. The summed E-state index contributed by atoms with van der Waals surface area (Å²) in [5.74, 6) is -0.122. The summed E-state index contributed by atoms with van der Waals surface area (Å²) in [6, 6.07) is 8.45. The van der Waals surface area contributed by atoms with E-state index in [2.05, 4.69) is 36.1 Å². The molecule has 0 radical (unpaired) electrons. The Hall–Kier alpha value is -1.39. The standard InChI is InChI=1S/C19H29NO3/c1-4-10-19(3,18(21)23-5-2)17-8-6-16(7-9-17)15-20-11-13-22-14-12-20/h6-9H,4-5,10-15H2,1-3H3. The summed E-state index contributed by atoms with van der Waals surface area (Å²) in [6.45, 7) is 10.9. The van der Waals surface area contributed by atoms with Gasteiger partial charge in [0.05, 0.1) is 25.2 Å². The molecule has 128 valence electrons. The van der Waals surface area contributed by atoms with E-state index in [1.54, 1.807) is 0 Å². The second kappa shape index (κ2) is 8.46. The number of carbonyl (C=O) groups excluding carboxylic acids is 1. The quantitative estimate of drug-likeness (QED) is 0.724. The molecule has 1 aliphatic heterocycles. The van der Waals surface area contributed by atoms with Crippen LogP contribution in [0.4, 0.5) is 0 Å². The van der Waals surface area contributed by atoms with Crippen molar-refractivity contribution >= 4 is 5.97 Å². The first-order valence-corrected chi connectivity index (χ1v) is 8.67. The number of hydrogen-bond donors (Lipinski definition) is 0. The minimum Gasteiger partial charge on any atom is -0.465 e. The number of rotatable bonds is 7. The highest BCUT2D eigenvalue weighted by Crippen LogP contribution is 2.31. The van der Waals surface area contributed by atoms with Crippen molar-refractivity contribution in [3.8, 4) is 0 Å². The summed E-state index contributed by atoms with van der Waals surface area (Å²) in [4.78, 5) is 14.8. The summed E-state index contributed by atoms with van der Waals surface area (Å²) < 4.78 is 10.7. The Morgan fingerprint density at radius 3 is 2.43 bits per heavy atom. The van der Waals surface area contributed by atoms with Crippen molar-refractivity contribution in [3.05, 3.63) is 35.4 Å². The largest absolute Gasteiger partial charge is 0.465 e. The molecule has 1 aromatic carbocycles. The van der Waals surface area contributed by atoms with Crippen LogP contribution in [0, 0.1) is 0 Å². The minimum atomic E-state index is -0.553. The molecule has 1 fully saturated rings. The predicted molar refractivity (Wildman–Crippen MR) is 91.4 cm³/mol. The lowest BCUT2D eigenvalue weighted by Crippen LogP contribution is -2.36. The fraction of sp³-hybridized carbons (Fsp3) is 0.632. The molecule has 0 aromatic heterocycles. The molecular formula is C19H29NO3. The Morgan fingerprint density at radius 2 is 1.87 bits per heavy atom. The molecule has 1 unspecified atom stereocenters. The number of hydrogen-bond acceptors (Lipinski definition) is 4. The molecule has 1 atom stereocenters. The third kappa shape index (κ3) is 4.55. The second-order valence-corrected chi connectivity index (χ2v) is 6.39. The molecule has 0 amide bonds. The molecule has 0 spiro atoms. The smallest absolute Gasteiger partial charge is 0.316 e. The minimum absolute atomic E-state index is 0.122. The van der Waals surface area contributed by atoms with Gasteiger partial charge < -0.3 is 9.47 Å². The van der Waals surface area contributed by atoms with Crippen LogP contribution in [0.15, 0.2) is 24.3 Å². The molecule has 0 aliphatic carbocycles. The SMILES string of the molecule is CCCC(C)(C(=O)OCC)c1ccc(CN2CCOCC2)cc1. The van der Waals surface area contributed by atoms with Gasteiger partial charge in [-0.05, 0) is 31.4 Å². The Balaban J connectivity index is 2.10. The number of nitrogens with zero attached hydrogens (tertiary/aromatic N) is 1. The predicted octanol–water partition coefficient (Wildman–Crippen LogP) is 3.14. The van der Waals surface area contributed by atoms with Crippen LogP contribution in [0.25, 0.3) is 0 Å². The van der Waals surface area contributed by atoms with E-state index in [0.717, 1.165) is 51.3 Å². The Morgan fingerprint density at radius 1 is 1.22 bits per heavy atom. The summed E-state index contributed by atoms with van der Waals surface area (Å²) in [5, 5.41) is 0. The van der Waals surface area contributed by atoms with Crippen LogP contribution in [-0.2, 0) is 26.2 Å². The van der Waals surface area contributed by atoms with Gasteiger partial charge in [-0.2, -0.15) is 0 Å². The van der Waals surface area contributed by atoms with Gasteiger partial charge in [-0.3, -0.25) is 9.69 Å². The zero-order valence-electron chi connectivity index (χ0n) is 14.6. The average Bonchev–Trinajstić information content (AvgIpc) is 2.57. The first-order chi connectivity index (χ1) is 11.1. The van der Waals surface area contributed by atoms with Crippen LogP contribution in [0.2, 0.25) is 0 Å². The monoisotopic (exact) mass is 319 g/mol. The summed E-state index contributed by atoms with van der Waals surface area (Å²) in [6.07, 6.45) is 1.75. The molecule has 1 aromatic rings. The molecule has 1 aliphatic rings. The zero-order valence-corrected chi connectivity index (χ0v) is 14.6. The normalized spacial score (nSPS) is 18.4. The Bertz CT molecular complexity index is 494. The fourth-order valence-corrected chi connectivity index (χ4v) is 3.15. The topological polar surface area (TPSA) is 38.8 Å². The molecule has 0 bridgehead atoms. The van der Waals surface area contributed by atoms with Gasteiger partial charge in [-0.15, -0.1) is 0 Å². The van der Waals surface area contributed by atoms with Gasteiger partial charge in [-0.1, -0.05) is 37.6 Å². The lowest BCUT2D eigenvalue weighted by molar-refractivity contribution is -0.149. The lowest BCUT2D eigenvalue weighted by atomic mass is 9.78. The summed E-state index contributed by atoms with van der Waals surface area (Å²) in [7, 11) is 0. The number of morpholine rings is 1. The maximum absolute atomic E-state index is 12.4. The molecule has 1 heterocycles. The zero-order chi connectivity index (χ0) is 16.7. The first kappa shape index (κ1) is 18.0. The van der Waals surface area contributed by atoms with E-state index in [0.29, 0.717) is 6.61 Å². The first-order valence-electron chi connectivity index (χ1n) is 8.67. The molecule has 0 N–H and O–H groups in total. The van der Waals surface area contributed by atoms with Crippen molar-refractivity contribution in [2.24, 2.45) is 0 Å². The molecule has 4 heteroatoms. The van der Waals surface area contributed by atoms with E-state index in [1.165, 1.54) is 5.56 Å². The molecule has 4 nitrogen and oxygen atoms in total. The van der Waals surface area contributed by atoms with E-state index in [1.807, 2.05) is 13.8 Å². The van der Waals surface area contributed by atoms with E-state index < -0.39 is 5.41 Å². The van der Waals surface area contributed by atoms with Gasteiger partial charge in [0, 0.05) is 19.6 Å². The number of ether oxygens (including phenoxy) is 2. The molecular weight excluding hydrogens is 290 g/mol. The van der Waals surface area contributed by atoms with Gasteiger partial charge in [0.2, 0.25) is 0 Å². The van der Waals surface area contributed by atoms with Crippen molar-refractivity contribution in [3.63, 3.8) is 0 Å². The van der Waals surface area contributed by atoms with Crippen LogP contribution in [0.5, 0.6) is 0 Å². The molecule has 2 rings (SSSR count). The van der Waals surface area contributed by atoms with Crippen LogP contribution in [0.1, 0.15) is 44.7 Å². The van der Waals surface area contributed by atoms with Gasteiger partial charge in [0.25, 0.3) is 0 Å². The third-order valence-electron chi connectivity index (χ3n) is 4.58. The molecule has 1 saturated heterocycles. The number of esters is 1. The van der Waals surface area contributed by atoms with E-state index in [4.69, 9.17) is 9.47 Å². The van der Waals surface area contributed by atoms with Crippen molar-refractivity contribution in [1.29, 1.82) is 0 Å². The molecule has 23 heavy (non-hydrogen) atoms. The van der Waals surface area contributed by atoms with Gasteiger partial charge in [0.15, 0.2) is 0 Å². The van der Waals surface area contributed by atoms with E-state index >= 15 is 0 Å². The van der Waals surface area contributed by atoms with Gasteiger partial charge in [0.1, 0.15) is 0 Å².